The second-order valence-electron chi connectivity index (χ2n) is 3.23. The molecule has 0 fully saturated rings. The van der Waals surface area contributed by atoms with E-state index < -0.39 is 0 Å². The molecule has 16 heavy (non-hydrogen) atoms. The molecule has 1 heterocycles. The van der Waals surface area contributed by atoms with Crippen LogP contribution < -0.4 is 11.5 Å². The molecule has 0 aliphatic heterocycles. The van der Waals surface area contributed by atoms with Crippen LogP contribution in [0.25, 0.3) is 5.69 Å². The highest BCUT2D eigenvalue weighted by molar-refractivity contribution is 5.85. The Morgan fingerprint density at radius 3 is 2.06 bits per heavy atom. The van der Waals surface area contributed by atoms with Crippen molar-refractivity contribution in [3.05, 3.63) is 36.0 Å². The third-order valence-electron chi connectivity index (χ3n) is 2.11. The molecule has 0 spiro atoms. The Bertz CT molecular complexity index is 450. The first-order chi connectivity index (χ1) is 6.68. The van der Waals surface area contributed by atoms with Crippen molar-refractivity contribution in [2.45, 2.75) is 6.92 Å². The zero-order chi connectivity index (χ0) is 10.1. The van der Waals surface area contributed by atoms with Crippen molar-refractivity contribution in [1.82, 2.24) is 9.78 Å². The maximum Gasteiger partial charge on any atom is 0.150 e. The maximum absolute atomic E-state index is 5.75. The largest absolute Gasteiger partial charge is 0.394 e. The Balaban J connectivity index is 0.00000112. The summed E-state index contributed by atoms with van der Waals surface area (Å²) < 4.78 is 1.62. The number of anilines is 2. The zero-order valence-corrected chi connectivity index (χ0v) is 10.4. The van der Waals surface area contributed by atoms with Gasteiger partial charge in [0.05, 0.1) is 17.6 Å². The van der Waals surface area contributed by atoms with E-state index in [2.05, 4.69) is 5.10 Å². The Morgan fingerprint density at radius 1 is 1.06 bits per heavy atom. The SMILES string of the molecule is Cc1ccc(-n2ncc(N)c2N)cc1.Cl.Cl. The number of nitrogens with two attached hydrogens (primary N) is 2. The van der Waals surface area contributed by atoms with Gasteiger partial charge in [-0.1, -0.05) is 17.7 Å². The number of aryl methyl sites for hydroxylation is 1. The van der Waals surface area contributed by atoms with E-state index in [1.807, 2.05) is 31.2 Å². The lowest BCUT2D eigenvalue weighted by Crippen LogP contribution is -2.02. The molecule has 6 heteroatoms. The van der Waals surface area contributed by atoms with E-state index in [1.54, 1.807) is 10.9 Å². The van der Waals surface area contributed by atoms with Crippen LogP contribution in [-0.2, 0) is 0 Å². The fourth-order valence-corrected chi connectivity index (χ4v) is 1.26. The predicted octanol–water partition coefficient (Wildman–Crippen LogP) is 2.19. The standard InChI is InChI=1S/C10H12N4.2ClH/c1-7-2-4-8(5-3-7)14-10(12)9(11)6-13-14;;/h2-6H,11-12H2,1H3;2*1H. The quantitative estimate of drug-likeness (QED) is 0.826. The van der Waals surface area contributed by atoms with E-state index >= 15 is 0 Å². The zero-order valence-electron chi connectivity index (χ0n) is 8.75. The van der Waals surface area contributed by atoms with Gasteiger partial charge in [0.1, 0.15) is 5.82 Å². The summed E-state index contributed by atoms with van der Waals surface area (Å²) in [6.07, 6.45) is 1.55. The summed E-state index contributed by atoms with van der Waals surface area (Å²) in [5.41, 5.74) is 14.0. The van der Waals surface area contributed by atoms with Gasteiger partial charge in [0, 0.05) is 0 Å². The molecule has 4 N–H and O–H groups in total. The second kappa shape index (κ2) is 5.63. The van der Waals surface area contributed by atoms with Crippen molar-refractivity contribution in [1.29, 1.82) is 0 Å². The summed E-state index contributed by atoms with van der Waals surface area (Å²) in [4.78, 5) is 0. The molecule has 2 rings (SSSR count). The first-order valence-electron chi connectivity index (χ1n) is 4.34. The summed E-state index contributed by atoms with van der Waals surface area (Å²) in [6, 6.07) is 7.93. The van der Waals surface area contributed by atoms with Crippen LogP contribution in [0.4, 0.5) is 11.5 Å². The minimum absolute atomic E-state index is 0. The Hall–Kier alpha value is -1.39. The van der Waals surface area contributed by atoms with Crippen LogP contribution in [0, 0.1) is 6.92 Å². The van der Waals surface area contributed by atoms with Crippen molar-refractivity contribution in [3.8, 4) is 5.69 Å². The summed E-state index contributed by atoms with van der Waals surface area (Å²) in [7, 11) is 0. The molecular formula is C10H14Cl2N4. The highest BCUT2D eigenvalue weighted by Crippen LogP contribution is 2.18. The molecule has 1 aromatic heterocycles. The molecule has 0 unspecified atom stereocenters. The molecule has 0 radical (unpaired) electrons. The Kier molecular flexibility index (Phi) is 5.14. The van der Waals surface area contributed by atoms with Crippen LogP contribution >= 0.6 is 24.8 Å². The van der Waals surface area contributed by atoms with Gasteiger partial charge in [-0.05, 0) is 19.1 Å². The average Bonchev–Trinajstić information content (AvgIpc) is 2.50. The fraction of sp³-hybridized carbons (Fsp3) is 0.100. The molecule has 0 saturated carbocycles. The normalized spacial score (nSPS) is 9.06. The van der Waals surface area contributed by atoms with E-state index in [-0.39, 0.29) is 24.8 Å². The number of rotatable bonds is 1. The number of benzene rings is 1. The van der Waals surface area contributed by atoms with Crippen molar-refractivity contribution >= 4 is 36.3 Å². The predicted molar refractivity (Wildman–Crippen MR) is 71.6 cm³/mol. The molecule has 0 saturated heterocycles. The second-order valence-corrected chi connectivity index (χ2v) is 3.23. The van der Waals surface area contributed by atoms with Gasteiger partial charge in [0.2, 0.25) is 0 Å². The topological polar surface area (TPSA) is 69.9 Å². The van der Waals surface area contributed by atoms with E-state index in [0.717, 1.165) is 5.69 Å². The summed E-state index contributed by atoms with van der Waals surface area (Å²) in [6.45, 7) is 2.03. The molecule has 4 nitrogen and oxygen atoms in total. The molecule has 0 bridgehead atoms. The van der Waals surface area contributed by atoms with Gasteiger partial charge in [-0.2, -0.15) is 5.10 Å². The molecule has 1 aromatic carbocycles. The van der Waals surface area contributed by atoms with Crippen molar-refractivity contribution in [2.75, 3.05) is 11.5 Å². The van der Waals surface area contributed by atoms with Crippen LogP contribution in [0.2, 0.25) is 0 Å². The van der Waals surface area contributed by atoms with Gasteiger partial charge >= 0.3 is 0 Å². The molecule has 0 amide bonds. The summed E-state index contributed by atoms with van der Waals surface area (Å²) >= 11 is 0. The number of hydrogen-bond acceptors (Lipinski definition) is 3. The van der Waals surface area contributed by atoms with Crippen LogP contribution in [-0.4, -0.2) is 9.78 Å². The minimum atomic E-state index is 0. The minimum Gasteiger partial charge on any atom is -0.394 e. The molecule has 0 aliphatic carbocycles. The average molecular weight is 261 g/mol. The van der Waals surface area contributed by atoms with Crippen molar-refractivity contribution < 1.29 is 0 Å². The third kappa shape index (κ3) is 2.59. The molecular weight excluding hydrogens is 247 g/mol. The highest BCUT2D eigenvalue weighted by Gasteiger charge is 2.04. The van der Waals surface area contributed by atoms with Gasteiger partial charge in [-0.25, -0.2) is 4.68 Å². The number of nitrogen functional groups attached to an aromatic ring is 2. The van der Waals surface area contributed by atoms with E-state index in [0.29, 0.717) is 11.5 Å². The number of halogens is 2. The maximum atomic E-state index is 5.75. The monoisotopic (exact) mass is 260 g/mol. The third-order valence-corrected chi connectivity index (χ3v) is 2.11. The van der Waals surface area contributed by atoms with Gasteiger partial charge in [-0.3, -0.25) is 0 Å². The smallest absolute Gasteiger partial charge is 0.150 e. The number of hydrogen-bond donors (Lipinski definition) is 2. The van der Waals surface area contributed by atoms with E-state index in [4.69, 9.17) is 11.5 Å². The van der Waals surface area contributed by atoms with Crippen LogP contribution in [0.5, 0.6) is 0 Å². The number of nitrogens with zero attached hydrogens (tertiary/aromatic N) is 2. The van der Waals surface area contributed by atoms with Gasteiger partial charge in [0.15, 0.2) is 0 Å². The van der Waals surface area contributed by atoms with Crippen LogP contribution in [0.1, 0.15) is 5.56 Å². The molecule has 0 atom stereocenters. The van der Waals surface area contributed by atoms with Crippen LogP contribution in [0.15, 0.2) is 30.5 Å². The van der Waals surface area contributed by atoms with Gasteiger partial charge in [0.25, 0.3) is 0 Å². The van der Waals surface area contributed by atoms with E-state index in [1.165, 1.54) is 5.56 Å². The molecule has 88 valence electrons. The first kappa shape index (κ1) is 14.6. The molecule has 0 aliphatic rings. The van der Waals surface area contributed by atoms with Crippen molar-refractivity contribution in [2.24, 2.45) is 0 Å². The van der Waals surface area contributed by atoms with E-state index in [9.17, 15) is 0 Å². The lowest BCUT2D eigenvalue weighted by molar-refractivity contribution is 0.891. The highest BCUT2D eigenvalue weighted by atomic mass is 35.5. The Morgan fingerprint density at radius 2 is 1.62 bits per heavy atom. The summed E-state index contributed by atoms with van der Waals surface area (Å²) in [5, 5.41) is 4.08. The summed E-state index contributed by atoms with van der Waals surface area (Å²) in [5.74, 6) is 0.480. The first-order valence-corrected chi connectivity index (χ1v) is 4.34. The number of aromatic nitrogens is 2. The van der Waals surface area contributed by atoms with Gasteiger partial charge in [-0.15, -0.1) is 24.8 Å². The molecule has 2 aromatic rings. The fourth-order valence-electron chi connectivity index (χ4n) is 1.26. The lowest BCUT2D eigenvalue weighted by Gasteiger charge is -2.03. The van der Waals surface area contributed by atoms with Crippen LogP contribution in [0.3, 0.4) is 0 Å². The lowest BCUT2D eigenvalue weighted by atomic mass is 10.2. The Labute approximate surface area is 106 Å². The van der Waals surface area contributed by atoms with Crippen molar-refractivity contribution in [3.63, 3.8) is 0 Å². The van der Waals surface area contributed by atoms with Gasteiger partial charge < -0.3 is 11.5 Å².